The van der Waals surface area contributed by atoms with Gasteiger partial charge in [0.1, 0.15) is 36.5 Å². The molecule has 2 aliphatic rings. The second-order valence-electron chi connectivity index (χ2n) is 19.1. The van der Waals surface area contributed by atoms with Gasteiger partial charge >= 0.3 is 12.1 Å². The fourth-order valence-electron chi connectivity index (χ4n) is 8.91. The van der Waals surface area contributed by atoms with Gasteiger partial charge in [0, 0.05) is 73.6 Å². The van der Waals surface area contributed by atoms with Crippen LogP contribution in [0.1, 0.15) is 80.6 Å². The number of benzene rings is 2. The number of anilines is 2. The average Bonchev–Trinajstić information content (AvgIpc) is 4.18. The minimum atomic E-state index is -1.04. The third-order valence-corrected chi connectivity index (χ3v) is 13.0. The van der Waals surface area contributed by atoms with Crippen molar-refractivity contribution in [3.05, 3.63) is 126 Å². The quantitative estimate of drug-likeness (QED) is 0.0317. The lowest BCUT2D eigenvalue weighted by Crippen LogP contribution is -2.54. The predicted molar refractivity (Wildman–Crippen MR) is 282 cm³/mol. The molecule has 2 unspecified atom stereocenters. The lowest BCUT2D eigenvalue weighted by molar-refractivity contribution is -0.137. The van der Waals surface area contributed by atoms with Crippen molar-refractivity contribution in [2.45, 2.75) is 97.5 Å². The lowest BCUT2D eigenvalue weighted by Gasteiger charge is -2.28. The average molecular weight is 1040 g/mol. The molecular weight excluding hydrogens is 973 g/mol. The van der Waals surface area contributed by atoms with Crippen LogP contribution in [0.15, 0.2) is 97.5 Å². The molecule has 76 heavy (non-hydrogen) atoms. The van der Waals surface area contributed by atoms with E-state index >= 15 is 0 Å². The molecule has 0 saturated heterocycles. The molecule has 22 heteroatoms. The Morgan fingerprint density at radius 3 is 2.41 bits per heavy atom. The van der Waals surface area contributed by atoms with Crippen LogP contribution in [0, 0.1) is 12.8 Å². The summed E-state index contributed by atoms with van der Waals surface area (Å²) in [6.45, 7) is 7.15. The highest BCUT2D eigenvalue weighted by atomic mass is 16.6. The minimum Gasteiger partial charge on any atom is -0.445 e. The number of unbranched alkanes of at least 4 members (excludes halogenated alkanes) is 2. The first-order chi connectivity index (χ1) is 36.7. The zero-order valence-corrected chi connectivity index (χ0v) is 42.6. The van der Waals surface area contributed by atoms with E-state index in [9.17, 15) is 33.6 Å². The number of pyridine rings is 2. The number of nitrogens with one attached hydrogen (secondary N) is 6. The summed E-state index contributed by atoms with van der Waals surface area (Å²) < 4.78 is 7.46. The maximum Gasteiger partial charge on any atom is 0.410 e. The van der Waals surface area contributed by atoms with E-state index in [1.807, 2.05) is 55.6 Å². The third-order valence-electron chi connectivity index (χ3n) is 13.0. The zero-order valence-electron chi connectivity index (χ0n) is 42.6. The van der Waals surface area contributed by atoms with E-state index in [4.69, 9.17) is 20.4 Å². The van der Waals surface area contributed by atoms with Gasteiger partial charge in [0.05, 0.1) is 17.9 Å². The normalized spacial score (nSPS) is 13.8. The number of aromatic nitrogens is 6. The van der Waals surface area contributed by atoms with Crippen molar-refractivity contribution in [2.75, 3.05) is 30.3 Å². The number of hydrogen-bond donors (Lipinski definition) is 7. The number of aryl methyl sites for hydroxylation is 1. The van der Waals surface area contributed by atoms with Gasteiger partial charge in [0.15, 0.2) is 5.65 Å². The lowest BCUT2D eigenvalue weighted by atomic mass is 9.99. The van der Waals surface area contributed by atoms with Crippen molar-refractivity contribution < 1.29 is 38.3 Å². The molecule has 8 amide bonds. The Bertz CT molecular complexity index is 3110. The van der Waals surface area contributed by atoms with Crippen LogP contribution in [0.5, 0.6) is 0 Å². The van der Waals surface area contributed by atoms with Crippen LogP contribution < -0.4 is 32.3 Å². The van der Waals surface area contributed by atoms with Crippen molar-refractivity contribution >= 4 is 58.7 Å². The van der Waals surface area contributed by atoms with Crippen LogP contribution in [-0.4, -0.2) is 113 Å². The van der Waals surface area contributed by atoms with Gasteiger partial charge in [-0.15, -0.1) is 0 Å². The standard InChI is InChI=1S/C54H62N14O8/c1-33(2)48(65-45(69)12-5-4-6-25-67-46(70)21-22-47(67)71)52(73)62-42(11-8-24-56-53(55)74)51(72)61-39-17-13-35(14-18-39)31-76-54(75)66-26-23-36-15-19-40(27-38(36)29-66)57-28-43-63-49(37-16-20-44-58-32-59-68(44)30-37)50(64-43)41-10-7-9-34(3)60-41/h7,9-10,13-22,27,30,32-33,42,48,57H,4-6,8,11-12,23-26,28-29,31H2,1-3H3,(H,61,72)(H,62,73)(H,63,64)(H,65,69)(H3,55,56,74). The number of primary amides is 1. The maximum absolute atomic E-state index is 13.7. The monoisotopic (exact) mass is 1030 g/mol. The summed E-state index contributed by atoms with van der Waals surface area (Å²) in [5.74, 6) is -1.75. The number of ether oxygens (including phenoxy) is 1. The Morgan fingerprint density at radius 2 is 1.64 bits per heavy atom. The van der Waals surface area contributed by atoms with E-state index in [1.165, 1.54) is 18.5 Å². The van der Waals surface area contributed by atoms with Crippen LogP contribution in [-0.2, 0) is 54.8 Å². The molecule has 6 aromatic rings. The summed E-state index contributed by atoms with van der Waals surface area (Å²) in [5, 5.41) is 18.7. The van der Waals surface area contributed by atoms with Crippen molar-refractivity contribution in [1.82, 2.24) is 55.3 Å². The van der Waals surface area contributed by atoms with Gasteiger partial charge in [-0.3, -0.25) is 33.9 Å². The van der Waals surface area contributed by atoms with Crippen LogP contribution in [0.2, 0.25) is 0 Å². The van der Waals surface area contributed by atoms with E-state index in [-0.39, 0.29) is 56.2 Å². The molecule has 8 rings (SSSR count). The third kappa shape index (κ3) is 14.0. The highest BCUT2D eigenvalue weighted by molar-refractivity contribution is 6.12. The predicted octanol–water partition coefficient (Wildman–Crippen LogP) is 5.29. The number of nitrogens with two attached hydrogens (primary N) is 1. The SMILES string of the molecule is Cc1cccc(-c2nc(CNc3ccc4c(c3)CN(C(=O)OCc3ccc(NC(=O)C(CCCNC(N)=O)NC(=O)C(NC(=O)CCCCCN5C(=O)C=CC5=O)C(C)C)cc3)CC4)[nH]c2-c2ccc3ncnn3c2)n1. The molecule has 0 aliphatic carbocycles. The Labute approximate surface area is 438 Å². The Morgan fingerprint density at radius 1 is 0.855 bits per heavy atom. The van der Waals surface area contributed by atoms with Crippen LogP contribution in [0.25, 0.3) is 28.3 Å². The van der Waals surface area contributed by atoms with Crippen molar-refractivity contribution in [3.8, 4) is 22.6 Å². The largest absolute Gasteiger partial charge is 0.445 e. The van der Waals surface area contributed by atoms with Gasteiger partial charge in [-0.1, -0.05) is 44.5 Å². The van der Waals surface area contributed by atoms with Crippen molar-refractivity contribution in [1.29, 1.82) is 0 Å². The fourth-order valence-corrected chi connectivity index (χ4v) is 8.91. The van der Waals surface area contributed by atoms with Gasteiger partial charge in [0.25, 0.3) is 11.8 Å². The molecule has 396 valence electrons. The summed E-state index contributed by atoms with van der Waals surface area (Å²) >= 11 is 0. The fraction of sp³-hybridized carbons (Fsp3) is 0.352. The number of aromatic amines is 1. The highest BCUT2D eigenvalue weighted by Crippen LogP contribution is 2.30. The number of amides is 8. The molecule has 2 aromatic carbocycles. The number of urea groups is 1. The first-order valence-corrected chi connectivity index (χ1v) is 25.3. The summed E-state index contributed by atoms with van der Waals surface area (Å²) in [5.41, 5.74) is 14.1. The number of carbonyl (C=O) groups is 7. The second-order valence-corrected chi connectivity index (χ2v) is 19.1. The number of rotatable bonds is 23. The zero-order chi connectivity index (χ0) is 53.7. The maximum atomic E-state index is 13.7. The first kappa shape index (κ1) is 53.3. The molecule has 0 bridgehead atoms. The molecule has 0 fully saturated rings. The van der Waals surface area contributed by atoms with E-state index in [0.29, 0.717) is 74.5 Å². The molecule has 4 aromatic heterocycles. The number of nitrogens with zero attached hydrogens (tertiary/aromatic N) is 7. The van der Waals surface area contributed by atoms with E-state index in [2.05, 4.69) is 47.7 Å². The number of fused-ring (bicyclic) bond motifs is 2. The smallest absolute Gasteiger partial charge is 0.410 e. The topological polar surface area (TPSA) is 293 Å². The van der Waals surface area contributed by atoms with Gasteiger partial charge in [-0.2, -0.15) is 5.10 Å². The number of carbonyl (C=O) groups excluding carboxylic acids is 7. The van der Waals surface area contributed by atoms with Gasteiger partial charge in [-0.05, 0) is 110 Å². The van der Waals surface area contributed by atoms with E-state index < -0.39 is 36.0 Å². The van der Waals surface area contributed by atoms with E-state index in [0.717, 1.165) is 50.0 Å². The van der Waals surface area contributed by atoms with Crippen LogP contribution in [0.4, 0.5) is 21.0 Å². The molecule has 8 N–H and O–H groups in total. The molecule has 0 spiro atoms. The summed E-state index contributed by atoms with van der Waals surface area (Å²) in [7, 11) is 0. The Hall–Kier alpha value is -8.95. The van der Waals surface area contributed by atoms with Crippen molar-refractivity contribution in [3.63, 3.8) is 0 Å². The van der Waals surface area contributed by atoms with Crippen LogP contribution in [0.3, 0.4) is 0 Å². The summed E-state index contributed by atoms with van der Waals surface area (Å²) in [6.07, 6.45) is 8.24. The minimum absolute atomic E-state index is 0.0118. The molecule has 0 radical (unpaired) electrons. The van der Waals surface area contributed by atoms with Gasteiger partial charge in [0.2, 0.25) is 17.7 Å². The summed E-state index contributed by atoms with van der Waals surface area (Å²) in [4.78, 5) is 109. The first-order valence-electron chi connectivity index (χ1n) is 25.3. The van der Waals surface area contributed by atoms with Gasteiger partial charge < -0.3 is 46.9 Å². The number of H-pyrrole nitrogens is 1. The molecule has 22 nitrogen and oxygen atoms in total. The summed E-state index contributed by atoms with van der Waals surface area (Å²) in [6, 6.07) is 19.9. The molecule has 2 aliphatic heterocycles. The van der Waals surface area contributed by atoms with Crippen molar-refractivity contribution in [2.24, 2.45) is 11.7 Å². The molecule has 0 saturated carbocycles. The van der Waals surface area contributed by atoms with Gasteiger partial charge in [-0.25, -0.2) is 24.1 Å². The Balaban J connectivity index is 0.818. The molecular formula is C54H62N14O8. The molecule has 2 atom stereocenters. The highest BCUT2D eigenvalue weighted by Gasteiger charge is 2.30. The van der Waals surface area contributed by atoms with Crippen LogP contribution >= 0.6 is 0 Å². The Kier molecular flexibility index (Phi) is 17.4. The number of imide groups is 1. The number of imidazole rings is 1. The molecule has 6 heterocycles. The van der Waals surface area contributed by atoms with E-state index in [1.54, 1.807) is 47.5 Å². The number of hydrogen-bond acceptors (Lipinski definition) is 13. The second kappa shape index (κ2) is 24.9.